The Morgan fingerprint density at radius 3 is 2.60 bits per heavy atom. The topological polar surface area (TPSA) is 130 Å². The normalized spacial score (nSPS) is 13.6. The van der Waals surface area contributed by atoms with Gasteiger partial charge in [-0.1, -0.05) is 0 Å². The molecular weight excluding hydrogens is 277 g/mol. The van der Waals surface area contributed by atoms with Crippen molar-refractivity contribution >= 4 is 11.7 Å². The molecule has 0 radical (unpaired) electrons. The van der Waals surface area contributed by atoms with E-state index in [0.29, 0.717) is 12.1 Å². The highest BCUT2D eigenvalue weighted by molar-refractivity contribution is 5.75. The van der Waals surface area contributed by atoms with Gasteiger partial charge in [0.2, 0.25) is 5.75 Å². The van der Waals surface area contributed by atoms with Crippen LogP contribution in [0.3, 0.4) is 0 Å². The van der Waals surface area contributed by atoms with Crippen molar-refractivity contribution in [1.82, 2.24) is 0 Å². The molecule has 0 heterocycles. The van der Waals surface area contributed by atoms with Gasteiger partial charge in [0.1, 0.15) is 11.9 Å². The van der Waals surface area contributed by atoms with E-state index in [1.807, 2.05) is 0 Å². The summed E-state index contributed by atoms with van der Waals surface area (Å²) < 4.78 is 17.7. The number of aliphatic hydroxyl groups is 2. The van der Waals surface area contributed by atoms with Gasteiger partial charge in [-0.25, -0.2) is 9.18 Å². The monoisotopic (exact) mass is 289 g/mol. The second-order valence-corrected chi connectivity index (χ2v) is 3.76. The van der Waals surface area contributed by atoms with Crippen molar-refractivity contribution in [1.29, 1.82) is 0 Å². The first-order valence-electron chi connectivity index (χ1n) is 5.49. The van der Waals surface area contributed by atoms with Crippen molar-refractivity contribution in [2.75, 3.05) is 6.61 Å². The van der Waals surface area contributed by atoms with E-state index in [-0.39, 0.29) is 6.61 Å². The third kappa shape index (κ3) is 3.19. The van der Waals surface area contributed by atoms with Crippen LogP contribution in [0, 0.1) is 15.9 Å². The van der Waals surface area contributed by atoms with E-state index in [0.717, 1.165) is 0 Å². The molecule has 0 aromatic heterocycles. The summed E-state index contributed by atoms with van der Waals surface area (Å²) in [6.07, 6.45) is -4.18. The molecular formula is C11H12FNO7. The van der Waals surface area contributed by atoms with Crippen molar-refractivity contribution in [3.63, 3.8) is 0 Å². The van der Waals surface area contributed by atoms with Crippen LogP contribution in [0.25, 0.3) is 0 Å². The van der Waals surface area contributed by atoms with Gasteiger partial charge >= 0.3 is 11.7 Å². The predicted octanol–water partition coefficient (Wildman–Crippen LogP) is 0.397. The number of nitro benzene ring substituents is 1. The molecule has 0 aliphatic carbocycles. The van der Waals surface area contributed by atoms with Crippen LogP contribution in [-0.4, -0.2) is 38.9 Å². The summed E-state index contributed by atoms with van der Waals surface area (Å²) in [4.78, 5) is 20.8. The summed E-state index contributed by atoms with van der Waals surface area (Å²) in [7, 11) is 0. The van der Waals surface area contributed by atoms with Gasteiger partial charge in [0, 0.05) is 5.56 Å². The molecule has 110 valence electrons. The summed E-state index contributed by atoms with van der Waals surface area (Å²) >= 11 is 0. The number of phenolic OH excluding ortho intramolecular Hbond substituents is 1. The number of aliphatic hydroxyl groups excluding tert-OH is 2. The van der Waals surface area contributed by atoms with E-state index in [9.17, 15) is 34.6 Å². The molecule has 0 fully saturated rings. The Balaban J connectivity index is 3.19. The Bertz CT molecular complexity index is 534. The highest BCUT2D eigenvalue weighted by atomic mass is 19.1. The fraction of sp³-hybridized carbons (Fsp3) is 0.364. The molecule has 1 rings (SSSR count). The first-order chi connectivity index (χ1) is 9.29. The molecule has 1 aromatic carbocycles. The highest BCUT2D eigenvalue weighted by Gasteiger charge is 2.32. The number of phenols is 1. The van der Waals surface area contributed by atoms with Gasteiger partial charge in [-0.15, -0.1) is 0 Å². The lowest BCUT2D eigenvalue weighted by atomic mass is 10.0. The third-order valence-corrected chi connectivity index (χ3v) is 2.43. The number of carbonyl (C=O) groups is 1. The van der Waals surface area contributed by atoms with Crippen molar-refractivity contribution in [3.8, 4) is 5.75 Å². The van der Waals surface area contributed by atoms with E-state index in [2.05, 4.69) is 4.74 Å². The van der Waals surface area contributed by atoms with Gasteiger partial charge in [0.25, 0.3) is 0 Å². The van der Waals surface area contributed by atoms with Gasteiger partial charge in [0.15, 0.2) is 6.10 Å². The van der Waals surface area contributed by atoms with Crippen LogP contribution in [0.1, 0.15) is 18.6 Å². The third-order valence-electron chi connectivity index (χ3n) is 2.43. The Morgan fingerprint density at radius 2 is 2.10 bits per heavy atom. The maximum atomic E-state index is 13.2. The molecule has 20 heavy (non-hydrogen) atoms. The number of rotatable bonds is 5. The molecule has 8 nitrogen and oxygen atoms in total. The minimum atomic E-state index is -2.11. The van der Waals surface area contributed by atoms with Crippen LogP contribution in [0.5, 0.6) is 5.75 Å². The Kier molecular flexibility index (Phi) is 4.94. The SMILES string of the molecule is CCOC(=O)C(O)C(O)c1cc(F)cc([N+](=O)[O-])c1O. The van der Waals surface area contributed by atoms with Crippen LogP contribution in [0.15, 0.2) is 12.1 Å². The minimum absolute atomic E-state index is 0.0715. The second kappa shape index (κ2) is 6.26. The number of nitrogens with zero attached hydrogens (tertiary/aromatic N) is 1. The highest BCUT2D eigenvalue weighted by Crippen LogP contribution is 2.35. The number of ether oxygens (including phenoxy) is 1. The van der Waals surface area contributed by atoms with Gasteiger partial charge < -0.3 is 20.1 Å². The predicted molar refractivity (Wildman–Crippen MR) is 62.3 cm³/mol. The lowest BCUT2D eigenvalue weighted by Crippen LogP contribution is -2.30. The molecule has 0 amide bonds. The molecule has 0 bridgehead atoms. The number of hydrogen-bond donors (Lipinski definition) is 3. The lowest BCUT2D eigenvalue weighted by Gasteiger charge is -2.17. The van der Waals surface area contributed by atoms with Gasteiger partial charge in [-0.3, -0.25) is 10.1 Å². The largest absolute Gasteiger partial charge is 0.502 e. The van der Waals surface area contributed by atoms with Crippen LogP contribution < -0.4 is 0 Å². The van der Waals surface area contributed by atoms with E-state index < -0.39 is 45.9 Å². The zero-order valence-corrected chi connectivity index (χ0v) is 10.3. The van der Waals surface area contributed by atoms with E-state index >= 15 is 0 Å². The first-order valence-corrected chi connectivity index (χ1v) is 5.49. The summed E-state index contributed by atoms with van der Waals surface area (Å²) in [5, 5.41) is 39.4. The summed E-state index contributed by atoms with van der Waals surface area (Å²) in [6.45, 7) is 1.39. The Hall–Kier alpha value is -2.26. The minimum Gasteiger partial charge on any atom is -0.502 e. The molecule has 9 heteroatoms. The number of hydrogen-bond acceptors (Lipinski definition) is 7. The van der Waals surface area contributed by atoms with Gasteiger partial charge in [0.05, 0.1) is 17.6 Å². The van der Waals surface area contributed by atoms with Crippen LogP contribution in [-0.2, 0) is 9.53 Å². The lowest BCUT2D eigenvalue weighted by molar-refractivity contribution is -0.386. The average Bonchev–Trinajstić information content (AvgIpc) is 2.39. The molecule has 0 aliphatic heterocycles. The van der Waals surface area contributed by atoms with Crippen LogP contribution >= 0.6 is 0 Å². The summed E-state index contributed by atoms with van der Waals surface area (Å²) in [6, 6.07) is 1.03. The number of carbonyl (C=O) groups excluding carboxylic acids is 1. The van der Waals surface area contributed by atoms with E-state index in [1.165, 1.54) is 6.92 Å². The van der Waals surface area contributed by atoms with Crippen molar-refractivity contribution < 1.29 is 34.2 Å². The maximum Gasteiger partial charge on any atom is 0.338 e. The first kappa shape index (κ1) is 15.8. The molecule has 0 saturated carbocycles. The molecule has 0 spiro atoms. The number of esters is 1. The van der Waals surface area contributed by atoms with E-state index in [4.69, 9.17) is 0 Å². The van der Waals surface area contributed by atoms with Gasteiger partial charge in [-0.2, -0.15) is 0 Å². The quantitative estimate of drug-likeness (QED) is 0.406. The van der Waals surface area contributed by atoms with Crippen LogP contribution in [0.2, 0.25) is 0 Å². The zero-order valence-electron chi connectivity index (χ0n) is 10.3. The summed E-state index contributed by atoms with van der Waals surface area (Å²) in [5.74, 6) is -3.35. The van der Waals surface area contributed by atoms with Crippen LogP contribution in [0.4, 0.5) is 10.1 Å². The summed E-state index contributed by atoms with van der Waals surface area (Å²) in [5.41, 5.74) is -1.67. The number of aromatic hydroxyl groups is 1. The molecule has 2 atom stereocenters. The number of nitro groups is 1. The smallest absolute Gasteiger partial charge is 0.338 e. The molecule has 0 saturated heterocycles. The Labute approximate surface area is 112 Å². The fourth-order valence-corrected chi connectivity index (χ4v) is 1.50. The van der Waals surface area contributed by atoms with Crippen molar-refractivity contribution in [2.45, 2.75) is 19.1 Å². The fourth-order valence-electron chi connectivity index (χ4n) is 1.50. The second-order valence-electron chi connectivity index (χ2n) is 3.76. The molecule has 2 unspecified atom stereocenters. The molecule has 0 aliphatic rings. The van der Waals surface area contributed by atoms with Crippen molar-refractivity contribution in [2.24, 2.45) is 0 Å². The van der Waals surface area contributed by atoms with E-state index in [1.54, 1.807) is 0 Å². The molecule has 1 aromatic rings. The number of benzene rings is 1. The molecule has 3 N–H and O–H groups in total. The number of halogens is 1. The average molecular weight is 289 g/mol. The van der Waals surface area contributed by atoms with Crippen molar-refractivity contribution in [3.05, 3.63) is 33.6 Å². The zero-order chi connectivity index (χ0) is 15.4. The maximum absolute atomic E-state index is 13.2. The van der Waals surface area contributed by atoms with Gasteiger partial charge in [-0.05, 0) is 13.0 Å². The Morgan fingerprint density at radius 1 is 1.50 bits per heavy atom. The standard InChI is InChI=1S/C11H12FNO7/c1-2-20-11(17)10(16)9(15)6-3-5(12)4-7(8(6)14)13(18)19/h3-4,9-10,14-16H,2H2,1H3.